The molecule has 3 aliphatic rings. The van der Waals surface area contributed by atoms with Crippen LogP contribution >= 0.6 is 11.3 Å². The lowest BCUT2D eigenvalue weighted by molar-refractivity contribution is -0.126. The summed E-state index contributed by atoms with van der Waals surface area (Å²) in [4.78, 5) is 18.1. The molecule has 6 heteroatoms. The number of nitrogens with one attached hydrogen (secondary N) is 2. The standard InChI is InChI=1S/C18H27N3O2S/c1-2-12-11-20-14(24-12)5-9-19-17(22)21-15-13-6-10-23-16(13)18(15)7-3-4-8-18/h11,13,15-16H,2-10H2,1H3,(H2,19,21,22)/t13-,15-,16+/m1/s1. The van der Waals surface area contributed by atoms with Crippen LogP contribution in [0.5, 0.6) is 0 Å². The van der Waals surface area contributed by atoms with Crippen LogP contribution in [0.4, 0.5) is 4.79 Å². The summed E-state index contributed by atoms with van der Waals surface area (Å²) in [6.07, 6.45) is 10.2. The number of thiazole rings is 1. The number of carbonyl (C=O) groups excluding carboxylic acids is 1. The van der Waals surface area contributed by atoms with Gasteiger partial charge in [-0.15, -0.1) is 11.3 Å². The third-order valence-electron chi connectivity index (χ3n) is 6.15. The van der Waals surface area contributed by atoms with Crippen LogP contribution in [0, 0.1) is 11.3 Å². The summed E-state index contributed by atoms with van der Waals surface area (Å²) < 4.78 is 5.97. The Morgan fingerprint density at radius 1 is 1.46 bits per heavy atom. The minimum atomic E-state index is -0.0242. The molecule has 0 bridgehead atoms. The lowest BCUT2D eigenvalue weighted by atomic mass is 9.54. The molecule has 3 fully saturated rings. The maximum Gasteiger partial charge on any atom is 0.315 e. The smallest absolute Gasteiger partial charge is 0.315 e. The van der Waals surface area contributed by atoms with E-state index in [2.05, 4.69) is 22.5 Å². The molecule has 2 saturated carbocycles. The van der Waals surface area contributed by atoms with Gasteiger partial charge in [0.25, 0.3) is 0 Å². The number of urea groups is 1. The van der Waals surface area contributed by atoms with Gasteiger partial charge in [0.1, 0.15) is 0 Å². The molecule has 1 aromatic rings. The second-order valence-electron chi connectivity index (χ2n) is 7.39. The molecule has 0 unspecified atom stereocenters. The van der Waals surface area contributed by atoms with Gasteiger partial charge in [-0.3, -0.25) is 0 Å². The van der Waals surface area contributed by atoms with Crippen LogP contribution in [-0.2, 0) is 17.6 Å². The van der Waals surface area contributed by atoms with Crippen molar-refractivity contribution in [3.63, 3.8) is 0 Å². The molecule has 1 aromatic heterocycles. The van der Waals surface area contributed by atoms with E-state index in [0.29, 0.717) is 24.6 Å². The molecule has 1 aliphatic heterocycles. The highest BCUT2D eigenvalue weighted by atomic mass is 32.1. The van der Waals surface area contributed by atoms with Crippen LogP contribution < -0.4 is 10.6 Å². The van der Waals surface area contributed by atoms with Crippen molar-refractivity contribution in [3.8, 4) is 0 Å². The maximum absolute atomic E-state index is 12.3. The number of amides is 2. The first-order chi connectivity index (χ1) is 11.7. The predicted octanol–water partition coefficient (Wildman–Crippen LogP) is 2.89. The van der Waals surface area contributed by atoms with Crippen molar-refractivity contribution in [2.24, 2.45) is 11.3 Å². The lowest BCUT2D eigenvalue weighted by Gasteiger charge is -2.56. The SMILES string of the molecule is CCc1cnc(CCNC(=O)N[C@@H]2[C@H]3CCO[C@@H]3C23CCCC3)s1. The highest BCUT2D eigenvalue weighted by Crippen LogP contribution is 2.60. The molecule has 5 nitrogen and oxygen atoms in total. The van der Waals surface area contributed by atoms with Gasteiger partial charge in [0, 0.05) is 48.0 Å². The molecule has 2 aliphatic carbocycles. The van der Waals surface area contributed by atoms with E-state index in [1.165, 1.54) is 30.6 Å². The minimum Gasteiger partial charge on any atom is -0.377 e. The van der Waals surface area contributed by atoms with Gasteiger partial charge in [0.15, 0.2) is 0 Å². The Labute approximate surface area is 147 Å². The maximum atomic E-state index is 12.3. The normalized spacial score (nSPS) is 30.1. The van der Waals surface area contributed by atoms with Gasteiger partial charge >= 0.3 is 6.03 Å². The van der Waals surface area contributed by atoms with E-state index in [4.69, 9.17) is 4.74 Å². The molecule has 3 atom stereocenters. The first kappa shape index (κ1) is 16.3. The average Bonchev–Trinajstić information content (AvgIpc) is 3.31. The second kappa shape index (κ2) is 6.64. The molecule has 2 heterocycles. The molecule has 1 spiro atoms. The van der Waals surface area contributed by atoms with Crippen molar-refractivity contribution < 1.29 is 9.53 Å². The molecule has 2 N–H and O–H groups in total. The van der Waals surface area contributed by atoms with Gasteiger partial charge in [-0.2, -0.15) is 0 Å². The Bertz CT molecular complexity index is 597. The summed E-state index contributed by atoms with van der Waals surface area (Å²) in [6.45, 7) is 3.65. The van der Waals surface area contributed by atoms with Gasteiger partial charge in [-0.05, 0) is 25.7 Å². The number of fused-ring (bicyclic) bond motifs is 2. The fourth-order valence-electron chi connectivity index (χ4n) is 5.01. The quantitative estimate of drug-likeness (QED) is 0.859. The van der Waals surface area contributed by atoms with Gasteiger partial charge in [-0.25, -0.2) is 9.78 Å². The summed E-state index contributed by atoms with van der Waals surface area (Å²) in [5, 5.41) is 7.40. The number of ether oxygens (including phenoxy) is 1. The molecule has 24 heavy (non-hydrogen) atoms. The fraction of sp³-hybridized carbons (Fsp3) is 0.778. The van der Waals surface area contributed by atoms with Crippen LogP contribution in [0.1, 0.15) is 48.9 Å². The Hall–Kier alpha value is -1.14. The Kier molecular flexibility index (Phi) is 4.52. The zero-order valence-corrected chi connectivity index (χ0v) is 15.2. The van der Waals surface area contributed by atoms with Crippen LogP contribution in [0.15, 0.2) is 6.20 Å². The summed E-state index contributed by atoms with van der Waals surface area (Å²) in [5.74, 6) is 0.528. The molecular weight excluding hydrogens is 322 g/mol. The number of nitrogens with zero attached hydrogens (tertiary/aromatic N) is 1. The van der Waals surface area contributed by atoms with E-state index < -0.39 is 0 Å². The van der Waals surface area contributed by atoms with E-state index in [0.717, 1.165) is 30.9 Å². The number of rotatable bonds is 5. The largest absolute Gasteiger partial charge is 0.377 e. The van der Waals surface area contributed by atoms with Crippen LogP contribution in [-0.4, -0.2) is 36.3 Å². The van der Waals surface area contributed by atoms with Crippen LogP contribution in [0.3, 0.4) is 0 Å². The third-order valence-corrected chi connectivity index (χ3v) is 7.35. The molecule has 4 rings (SSSR count). The highest BCUT2D eigenvalue weighted by molar-refractivity contribution is 7.11. The van der Waals surface area contributed by atoms with Crippen LogP contribution in [0.2, 0.25) is 0 Å². The zero-order chi connectivity index (χ0) is 16.6. The van der Waals surface area contributed by atoms with Crippen molar-refractivity contribution >= 4 is 17.4 Å². The average molecular weight is 350 g/mol. The van der Waals surface area contributed by atoms with E-state index in [-0.39, 0.29) is 11.4 Å². The van der Waals surface area contributed by atoms with Gasteiger partial charge < -0.3 is 15.4 Å². The number of hydrogen-bond donors (Lipinski definition) is 2. The van der Waals surface area contributed by atoms with E-state index in [1.54, 1.807) is 11.3 Å². The second-order valence-corrected chi connectivity index (χ2v) is 8.59. The summed E-state index contributed by atoms with van der Waals surface area (Å²) in [5.41, 5.74) is 0.226. The van der Waals surface area contributed by atoms with Crippen LogP contribution in [0.25, 0.3) is 0 Å². The lowest BCUT2D eigenvalue weighted by Crippen LogP contribution is -2.69. The first-order valence-electron chi connectivity index (χ1n) is 9.32. The van der Waals surface area contributed by atoms with E-state index in [1.807, 2.05) is 6.20 Å². The summed E-state index contributed by atoms with van der Waals surface area (Å²) in [7, 11) is 0. The molecule has 0 aromatic carbocycles. The molecule has 132 valence electrons. The zero-order valence-electron chi connectivity index (χ0n) is 14.3. The Morgan fingerprint density at radius 2 is 2.29 bits per heavy atom. The van der Waals surface area contributed by atoms with Crippen molar-refractivity contribution in [1.29, 1.82) is 0 Å². The minimum absolute atomic E-state index is 0.0242. The predicted molar refractivity (Wildman–Crippen MR) is 94.3 cm³/mol. The first-order valence-corrected chi connectivity index (χ1v) is 10.1. The fourth-order valence-corrected chi connectivity index (χ4v) is 5.87. The summed E-state index contributed by atoms with van der Waals surface area (Å²) in [6, 6.07) is 0.281. The molecule has 1 saturated heterocycles. The van der Waals surface area contributed by atoms with Crippen molar-refractivity contribution in [3.05, 3.63) is 16.1 Å². The van der Waals surface area contributed by atoms with Gasteiger partial charge in [0.05, 0.1) is 11.1 Å². The Morgan fingerprint density at radius 3 is 3.04 bits per heavy atom. The number of aromatic nitrogens is 1. The Balaban J connectivity index is 1.28. The summed E-state index contributed by atoms with van der Waals surface area (Å²) >= 11 is 1.74. The number of carbonyl (C=O) groups is 1. The highest BCUT2D eigenvalue weighted by Gasteiger charge is 2.65. The molecular formula is C18H27N3O2S. The molecule has 2 amide bonds. The topological polar surface area (TPSA) is 63.2 Å². The van der Waals surface area contributed by atoms with E-state index >= 15 is 0 Å². The third kappa shape index (κ3) is 2.73. The number of hydrogen-bond acceptors (Lipinski definition) is 4. The molecule has 0 radical (unpaired) electrons. The van der Waals surface area contributed by atoms with Gasteiger partial charge in [0.2, 0.25) is 0 Å². The van der Waals surface area contributed by atoms with Crippen molar-refractivity contribution in [2.45, 2.75) is 64.0 Å². The van der Waals surface area contributed by atoms with Crippen molar-refractivity contribution in [2.75, 3.05) is 13.2 Å². The number of aryl methyl sites for hydroxylation is 1. The van der Waals surface area contributed by atoms with Gasteiger partial charge in [-0.1, -0.05) is 19.8 Å². The van der Waals surface area contributed by atoms with Crippen molar-refractivity contribution in [1.82, 2.24) is 15.6 Å². The van der Waals surface area contributed by atoms with E-state index in [9.17, 15) is 4.79 Å². The monoisotopic (exact) mass is 349 g/mol.